The molecule has 1 nitrogen and oxygen atoms in total. The Morgan fingerprint density at radius 2 is 0.710 bits per heavy atom. The van der Waals surface area contributed by atoms with Gasteiger partial charge < -0.3 is 5.11 Å². The van der Waals surface area contributed by atoms with Crippen molar-refractivity contribution < 1.29 is 5.11 Å². The molecule has 0 aromatic carbocycles. The van der Waals surface area contributed by atoms with E-state index < -0.39 is 0 Å². The molecule has 0 unspecified atom stereocenters. The lowest BCUT2D eigenvalue weighted by Gasteiger charge is -2.03. The minimum Gasteiger partial charge on any atom is -0.392 e. The van der Waals surface area contributed by atoms with Crippen molar-refractivity contribution in [3.8, 4) is 0 Å². The predicted molar refractivity (Wildman–Crippen MR) is 141 cm³/mol. The van der Waals surface area contributed by atoms with Gasteiger partial charge in [-0.2, -0.15) is 0 Å². The van der Waals surface area contributed by atoms with Gasteiger partial charge in [-0.1, -0.05) is 69.9 Å². The third kappa shape index (κ3) is 20.1. The number of hydrogen-bond donors (Lipinski definition) is 1. The van der Waals surface area contributed by atoms with Crippen LogP contribution >= 0.6 is 0 Å². The van der Waals surface area contributed by atoms with Crippen molar-refractivity contribution in [1.82, 2.24) is 0 Å². The van der Waals surface area contributed by atoms with Crippen molar-refractivity contribution in [3.05, 3.63) is 69.9 Å². The highest BCUT2D eigenvalue weighted by Gasteiger charge is 1.94. The summed E-state index contributed by atoms with van der Waals surface area (Å²) in [6, 6.07) is 0. The lowest BCUT2D eigenvalue weighted by molar-refractivity contribution is 0.331. The van der Waals surface area contributed by atoms with Crippen molar-refractivity contribution in [2.75, 3.05) is 6.61 Å². The molecule has 0 aliphatic heterocycles. The molecule has 0 atom stereocenters. The number of aliphatic hydroxyl groups excluding tert-OH is 1. The van der Waals surface area contributed by atoms with Crippen LogP contribution in [0.25, 0.3) is 0 Å². The number of aliphatic hydroxyl groups is 1. The van der Waals surface area contributed by atoms with Crippen LogP contribution < -0.4 is 0 Å². The van der Waals surface area contributed by atoms with Crippen LogP contribution in [0.5, 0.6) is 0 Å². The van der Waals surface area contributed by atoms with Crippen molar-refractivity contribution in [1.29, 1.82) is 0 Å². The van der Waals surface area contributed by atoms with Crippen LogP contribution in [0, 0.1) is 0 Å². The highest BCUT2D eigenvalue weighted by atomic mass is 16.3. The van der Waals surface area contributed by atoms with Crippen LogP contribution in [0.4, 0.5) is 0 Å². The summed E-state index contributed by atoms with van der Waals surface area (Å²) < 4.78 is 0. The third-order valence-corrected chi connectivity index (χ3v) is 5.59. The van der Waals surface area contributed by atoms with Crippen LogP contribution in [0.15, 0.2) is 69.9 Å². The minimum atomic E-state index is 0.176. The smallest absolute Gasteiger partial charge is 0.0639 e. The topological polar surface area (TPSA) is 20.2 Å². The first-order valence-corrected chi connectivity index (χ1v) is 12.3. The average molecular weight is 427 g/mol. The Kier molecular flexibility index (Phi) is 18.1. The maximum atomic E-state index is 9.02. The standard InChI is InChI=1S/C30H50O/c1-25(2)14-10-17-28(5)20-11-18-26(3)15-8-9-16-27(4)19-12-21-29(6)22-13-23-30(7)24-31/h14-16,20-21,23,31H,8-13,17-19,22,24H2,1-7H3/b26-15+,27-16+,28-20+,29-21-,30-23+. The lowest BCUT2D eigenvalue weighted by atomic mass is 10.0. The molecule has 0 radical (unpaired) electrons. The van der Waals surface area contributed by atoms with E-state index in [9.17, 15) is 0 Å². The Morgan fingerprint density at radius 3 is 1.03 bits per heavy atom. The Morgan fingerprint density at radius 1 is 0.419 bits per heavy atom. The Labute approximate surface area is 194 Å². The zero-order valence-corrected chi connectivity index (χ0v) is 21.7. The molecule has 0 fully saturated rings. The molecular weight excluding hydrogens is 376 g/mol. The Bertz CT molecular complexity index is 661. The van der Waals surface area contributed by atoms with Gasteiger partial charge in [0.2, 0.25) is 0 Å². The van der Waals surface area contributed by atoms with Crippen molar-refractivity contribution >= 4 is 0 Å². The molecule has 176 valence electrons. The molecule has 0 saturated heterocycles. The zero-order valence-electron chi connectivity index (χ0n) is 21.7. The molecule has 0 saturated carbocycles. The first-order chi connectivity index (χ1) is 14.7. The molecule has 0 amide bonds. The van der Waals surface area contributed by atoms with Gasteiger partial charge in [0.05, 0.1) is 6.61 Å². The largest absolute Gasteiger partial charge is 0.392 e. The van der Waals surface area contributed by atoms with Crippen molar-refractivity contribution in [2.45, 2.75) is 113 Å². The molecule has 31 heavy (non-hydrogen) atoms. The van der Waals surface area contributed by atoms with E-state index in [2.05, 4.69) is 78.0 Å². The Hall–Kier alpha value is -1.60. The van der Waals surface area contributed by atoms with Crippen LogP contribution in [-0.2, 0) is 0 Å². The van der Waals surface area contributed by atoms with Crippen LogP contribution in [-0.4, -0.2) is 11.7 Å². The summed E-state index contributed by atoms with van der Waals surface area (Å²) in [5.74, 6) is 0. The molecule has 0 bridgehead atoms. The van der Waals surface area contributed by atoms with Gasteiger partial charge in [-0.15, -0.1) is 0 Å². The zero-order chi connectivity index (χ0) is 23.5. The molecule has 0 spiro atoms. The molecule has 0 rings (SSSR count). The van der Waals surface area contributed by atoms with E-state index in [-0.39, 0.29) is 6.61 Å². The van der Waals surface area contributed by atoms with Gasteiger partial charge >= 0.3 is 0 Å². The summed E-state index contributed by atoms with van der Waals surface area (Å²) in [4.78, 5) is 0. The van der Waals surface area contributed by atoms with Crippen LogP contribution in [0.1, 0.15) is 113 Å². The SMILES string of the molecule is CC(C)=CCC/C(C)=C/CC/C(C)=C/CC/C=C(\C)CC/C=C(/C)CC/C=C(\C)CO. The summed E-state index contributed by atoms with van der Waals surface area (Å²) >= 11 is 0. The Balaban J connectivity index is 4.07. The van der Waals surface area contributed by atoms with E-state index in [0.717, 1.165) is 44.1 Å². The maximum absolute atomic E-state index is 9.02. The summed E-state index contributed by atoms with van der Waals surface area (Å²) in [5.41, 5.74) is 8.47. The van der Waals surface area contributed by atoms with Gasteiger partial charge in [-0.3, -0.25) is 0 Å². The fourth-order valence-electron chi connectivity index (χ4n) is 3.36. The molecule has 1 heteroatoms. The van der Waals surface area contributed by atoms with Gasteiger partial charge in [0.15, 0.2) is 0 Å². The van der Waals surface area contributed by atoms with Crippen molar-refractivity contribution in [2.24, 2.45) is 0 Å². The maximum Gasteiger partial charge on any atom is 0.0639 e. The molecule has 1 N–H and O–H groups in total. The summed E-state index contributed by atoms with van der Waals surface area (Å²) in [7, 11) is 0. The second kappa shape index (κ2) is 19.1. The van der Waals surface area contributed by atoms with Gasteiger partial charge in [0.1, 0.15) is 0 Å². The second-order valence-electron chi connectivity index (χ2n) is 9.42. The van der Waals surface area contributed by atoms with Gasteiger partial charge in [-0.05, 0) is 113 Å². The van der Waals surface area contributed by atoms with Gasteiger partial charge in [0.25, 0.3) is 0 Å². The lowest BCUT2D eigenvalue weighted by Crippen LogP contribution is -1.85. The summed E-state index contributed by atoms with van der Waals surface area (Å²) in [6.45, 7) is 15.5. The van der Waals surface area contributed by atoms with Gasteiger partial charge in [0, 0.05) is 0 Å². The number of unbranched alkanes of at least 4 members (excludes halogenated alkanes) is 1. The molecule has 0 aromatic heterocycles. The third-order valence-electron chi connectivity index (χ3n) is 5.59. The molecular formula is C30H50O. The monoisotopic (exact) mass is 426 g/mol. The first-order valence-electron chi connectivity index (χ1n) is 12.3. The summed E-state index contributed by atoms with van der Waals surface area (Å²) in [6.07, 6.45) is 25.5. The van der Waals surface area contributed by atoms with E-state index in [1.807, 2.05) is 6.92 Å². The molecule has 0 aromatic rings. The quantitative estimate of drug-likeness (QED) is 0.192. The minimum absolute atomic E-state index is 0.176. The van der Waals surface area contributed by atoms with Gasteiger partial charge in [-0.25, -0.2) is 0 Å². The molecule has 0 aliphatic rings. The molecule has 0 aliphatic carbocycles. The fourth-order valence-corrected chi connectivity index (χ4v) is 3.36. The van der Waals surface area contributed by atoms with Crippen LogP contribution in [0.3, 0.4) is 0 Å². The normalized spacial score (nSPS) is 14.3. The number of allylic oxidation sites excluding steroid dienone is 11. The van der Waals surface area contributed by atoms with Crippen molar-refractivity contribution in [3.63, 3.8) is 0 Å². The van der Waals surface area contributed by atoms with E-state index in [1.54, 1.807) is 0 Å². The van der Waals surface area contributed by atoms with E-state index in [1.165, 1.54) is 53.5 Å². The fraction of sp³-hybridized carbons (Fsp3) is 0.600. The first kappa shape index (κ1) is 29.4. The highest BCUT2D eigenvalue weighted by Crippen LogP contribution is 2.14. The van der Waals surface area contributed by atoms with Crippen LogP contribution in [0.2, 0.25) is 0 Å². The number of hydrogen-bond acceptors (Lipinski definition) is 1. The predicted octanol–water partition coefficient (Wildman–Crippen LogP) is 9.58. The summed E-state index contributed by atoms with van der Waals surface area (Å²) in [5, 5.41) is 9.02. The highest BCUT2D eigenvalue weighted by molar-refractivity contribution is 5.08. The van der Waals surface area contributed by atoms with E-state index >= 15 is 0 Å². The number of rotatable bonds is 16. The average Bonchev–Trinajstić information content (AvgIpc) is 2.70. The molecule has 0 heterocycles. The second-order valence-corrected chi connectivity index (χ2v) is 9.42. The van der Waals surface area contributed by atoms with E-state index in [0.29, 0.717) is 0 Å². The van der Waals surface area contributed by atoms with E-state index in [4.69, 9.17) is 5.11 Å².